The molecular formula is C12H17NO3. The maximum atomic E-state index is 9.79. The fourth-order valence-electron chi connectivity index (χ4n) is 2.08. The van der Waals surface area contributed by atoms with Gasteiger partial charge in [-0.25, -0.2) is 0 Å². The van der Waals surface area contributed by atoms with E-state index in [1.54, 1.807) is 14.2 Å². The van der Waals surface area contributed by atoms with E-state index >= 15 is 0 Å². The van der Waals surface area contributed by atoms with Gasteiger partial charge in [0.05, 0.1) is 14.2 Å². The topological polar surface area (TPSA) is 50.7 Å². The van der Waals surface area contributed by atoms with Gasteiger partial charge in [-0.3, -0.25) is 0 Å². The third-order valence-electron chi connectivity index (χ3n) is 2.96. The first-order chi connectivity index (χ1) is 7.76. The highest BCUT2D eigenvalue weighted by Crippen LogP contribution is 2.39. The van der Waals surface area contributed by atoms with Crippen molar-refractivity contribution in [2.75, 3.05) is 20.8 Å². The second-order valence-corrected chi connectivity index (χ2v) is 3.92. The van der Waals surface area contributed by atoms with E-state index in [1.807, 2.05) is 12.1 Å². The lowest BCUT2D eigenvalue weighted by atomic mass is 10.0. The molecule has 16 heavy (non-hydrogen) atoms. The Morgan fingerprint density at radius 1 is 1.25 bits per heavy atom. The molecule has 88 valence electrons. The lowest BCUT2D eigenvalue weighted by molar-refractivity contribution is 0.338. The van der Waals surface area contributed by atoms with Gasteiger partial charge in [0.1, 0.15) is 0 Å². The molecule has 2 rings (SSSR count). The Bertz CT molecular complexity index is 348. The molecule has 4 heteroatoms. The summed E-state index contributed by atoms with van der Waals surface area (Å²) >= 11 is 0. The summed E-state index contributed by atoms with van der Waals surface area (Å²) in [6.07, 6.45) is 2.28. The van der Waals surface area contributed by atoms with Crippen LogP contribution in [0.15, 0.2) is 12.1 Å². The van der Waals surface area contributed by atoms with Gasteiger partial charge in [0, 0.05) is 6.04 Å². The van der Waals surface area contributed by atoms with E-state index in [9.17, 15) is 5.11 Å². The van der Waals surface area contributed by atoms with Crippen LogP contribution in [-0.4, -0.2) is 25.9 Å². The van der Waals surface area contributed by atoms with Crippen LogP contribution in [0.25, 0.3) is 0 Å². The predicted molar refractivity (Wildman–Crippen MR) is 61.2 cm³/mol. The molecule has 0 radical (unpaired) electrons. The fraction of sp³-hybridized carbons (Fsp3) is 0.500. The minimum absolute atomic E-state index is 0.0618. The van der Waals surface area contributed by atoms with Gasteiger partial charge in [-0.15, -0.1) is 0 Å². The molecule has 0 aliphatic carbocycles. The Hall–Kier alpha value is -1.42. The van der Waals surface area contributed by atoms with Gasteiger partial charge in [0.2, 0.25) is 5.75 Å². The standard InChI is InChI=1S/C12H17NO3/c1-15-10-6-8(9-4-3-5-13-9)7-11(16-2)12(10)14/h6-7,9,13-14H,3-5H2,1-2H3/t9-/m1/s1. The molecule has 0 spiro atoms. The van der Waals surface area contributed by atoms with E-state index in [2.05, 4.69) is 5.32 Å². The maximum Gasteiger partial charge on any atom is 0.200 e. The molecule has 1 atom stereocenters. The molecule has 1 saturated heterocycles. The van der Waals surface area contributed by atoms with Gasteiger partial charge in [-0.1, -0.05) is 0 Å². The highest BCUT2D eigenvalue weighted by molar-refractivity contribution is 5.53. The zero-order valence-corrected chi connectivity index (χ0v) is 9.62. The van der Waals surface area contributed by atoms with Crippen LogP contribution in [-0.2, 0) is 0 Å². The summed E-state index contributed by atoms with van der Waals surface area (Å²) in [7, 11) is 3.08. The highest BCUT2D eigenvalue weighted by atomic mass is 16.5. The van der Waals surface area contributed by atoms with Gasteiger partial charge in [0.15, 0.2) is 11.5 Å². The number of phenolic OH excluding ortho intramolecular Hbond substituents is 1. The molecule has 1 heterocycles. The molecule has 1 fully saturated rings. The maximum absolute atomic E-state index is 9.79. The average molecular weight is 223 g/mol. The Morgan fingerprint density at radius 2 is 1.88 bits per heavy atom. The van der Waals surface area contributed by atoms with Gasteiger partial charge in [-0.2, -0.15) is 0 Å². The lowest BCUT2D eigenvalue weighted by Crippen LogP contribution is -2.13. The second kappa shape index (κ2) is 4.61. The van der Waals surface area contributed by atoms with Gasteiger partial charge in [-0.05, 0) is 37.1 Å². The minimum atomic E-state index is 0.0618. The summed E-state index contributed by atoms with van der Waals surface area (Å²) in [4.78, 5) is 0. The molecule has 0 aromatic heterocycles. The number of aromatic hydroxyl groups is 1. The Labute approximate surface area is 95.2 Å². The zero-order chi connectivity index (χ0) is 11.5. The van der Waals surface area contributed by atoms with Gasteiger partial charge < -0.3 is 19.9 Å². The Morgan fingerprint density at radius 3 is 2.31 bits per heavy atom. The molecule has 1 aliphatic heterocycles. The first-order valence-electron chi connectivity index (χ1n) is 5.44. The van der Waals surface area contributed by atoms with E-state index < -0.39 is 0 Å². The van der Waals surface area contributed by atoms with Crippen LogP contribution in [0.3, 0.4) is 0 Å². The summed E-state index contributed by atoms with van der Waals surface area (Å²) in [5, 5.41) is 13.2. The number of ether oxygens (including phenoxy) is 2. The molecular weight excluding hydrogens is 206 g/mol. The molecule has 0 saturated carbocycles. The van der Waals surface area contributed by atoms with E-state index in [4.69, 9.17) is 9.47 Å². The molecule has 4 nitrogen and oxygen atoms in total. The van der Waals surface area contributed by atoms with Crippen LogP contribution in [0.2, 0.25) is 0 Å². The third-order valence-corrected chi connectivity index (χ3v) is 2.96. The molecule has 0 amide bonds. The third kappa shape index (κ3) is 1.93. The highest BCUT2D eigenvalue weighted by Gasteiger charge is 2.20. The van der Waals surface area contributed by atoms with Crippen molar-refractivity contribution >= 4 is 0 Å². The quantitative estimate of drug-likeness (QED) is 0.821. The molecule has 0 unspecified atom stereocenters. The normalized spacial score (nSPS) is 19.8. The largest absolute Gasteiger partial charge is 0.502 e. The van der Waals surface area contributed by atoms with Crippen molar-refractivity contribution in [2.45, 2.75) is 18.9 Å². The van der Waals surface area contributed by atoms with Crippen molar-refractivity contribution < 1.29 is 14.6 Å². The first kappa shape index (κ1) is 11.1. The number of nitrogens with one attached hydrogen (secondary N) is 1. The van der Waals surface area contributed by atoms with Gasteiger partial charge >= 0.3 is 0 Å². The smallest absolute Gasteiger partial charge is 0.200 e. The van der Waals surface area contributed by atoms with E-state index in [0.717, 1.165) is 18.5 Å². The van der Waals surface area contributed by atoms with Gasteiger partial charge in [0.25, 0.3) is 0 Å². The summed E-state index contributed by atoms with van der Waals surface area (Å²) in [6, 6.07) is 4.06. The predicted octanol–water partition coefficient (Wildman–Crippen LogP) is 1.83. The number of hydrogen-bond donors (Lipinski definition) is 2. The van der Waals surface area contributed by atoms with Crippen LogP contribution < -0.4 is 14.8 Å². The Balaban J connectivity index is 2.37. The molecule has 0 bridgehead atoms. The summed E-state index contributed by atoms with van der Waals surface area (Å²) in [5.41, 5.74) is 1.10. The molecule has 1 aromatic rings. The van der Waals surface area contributed by atoms with E-state index in [0.29, 0.717) is 17.5 Å². The fourth-order valence-corrected chi connectivity index (χ4v) is 2.08. The molecule has 2 N–H and O–H groups in total. The minimum Gasteiger partial charge on any atom is -0.502 e. The van der Waals surface area contributed by atoms with Crippen LogP contribution in [0.5, 0.6) is 17.2 Å². The van der Waals surface area contributed by atoms with Crippen molar-refractivity contribution in [3.05, 3.63) is 17.7 Å². The summed E-state index contributed by atoms with van der Waals surface area (Å²) < 4.78 is 10.3. The van der Waals surface area contributed by atoms with Crippen LogP contribution in [0.4, 0.5) is 0 Å². The number of phenols is 1. The average Bonchev–Trinajstić information content (AvgIpc) is 2.83. The number of rotatable bonds is 3. The van der Waals surface area contributed by atoms with E-state index in [-0.39, 0.29) is 5.75 Å². The Kier molecular flexibility index (Phi) is 3.19. The van der Waals surface area contributed by atoms with Crippen LogP contribution >= 0.6 is 0 Å². The van der Waals surface area contributed by atoms with Crippen molar-refractivity contribution in [3.63, 3.8) is 0 Å². The summed E-state index contributed by atoms with van der Waals surface area (Å²) in [5.74, 6) is 0.984. The zero-order valence-electron chi connectivity index (χ0n) is 9.62. The monoisotopic (exact) mass is 223 g/mol. The SMILES string of the molecule is COc1cc([C@H]2CCCN2)cc(OC)c1O. The van der Waals surface area contributed by atoms with E-state index in [1.165, 1.54) is 6.42 Å². The van der Waals surface area contributed by atoms with Crippen molar-refractivity contribution in [2.24, 2.45) is 0 Å². The molecule has 1 aromatic carbocycles. The summed E-state index contributed by atoms with van der Waals surface area (Å²) in [6.45, 7) is 1.04. The molecule has 1 aliphatic rings. The van der Waals surface area contributed by atoms with Crippen molar-refractivity contribution in [1.82, 2.24) is 5.32 Å². The number of hydrogen-bond acceptors (Lipinski definition) is 4. The second-order valence-electron chi connectivity index (χ2n) is 3.92. The first-order valence-corrected chi connectivity index (χ1v) is 5.44. The lowest BCUT2D eigenvalue weighted by Gasteiger charge is -2.15. The van der Waals surface area contributed by atoms with Crippen LogP contribution in [0.1, 0.15) is 24.4 Å². The van der Waals surface area contributed by atoms with Crippen LogP contribution in [0, 0.1) is 0 Å². The van der Waals surface area contributed by atoms with Crippen molar-refractivity contribution in [1.29, 1.82) is 0 Å². The van der Waals surface area contributed by atoms with Crippen molar-refractivity contribution in [3.8, 4) is 17.2 Å². The number of methoxy groups -OCH3 is 2. The number of benzene rings is 1.